The van der Waals surface area contributed by atoms with E-state index >= 15 is 0 Å². The largest absolute Gasteiger partial charge is 0.339 e. The zero-order valence-electron chi connectivity index (χ0n) is 12.9. The van der Waals surface area contributed by atoms with Crippen molar-refractivity contribution in [3.63, 3.8) is 0 Å². The molecule has 1 aliphatic rings. The van der Waals surface area contributed by atoms with E-state index in [1.165, 1.54) is 4.90 Å². The zero-order chi connectivity index (χ0) is 16.2. The molecular weight excluding hydrogens is 288 g/mol. The highest BCUT2D eigenvalue weighted by Crippen LogP contribution is 2.17. The molecule has 0 aliphatic carbocycles. The van der Waals surface area contributed by atoms with Crippen LogP contribution in [0.2, 0.25) is 0 Å². The molecule has 3 rings (SSSR count). The van der Waals surface area contributed by atoms with Crippen molar-refractivity contribution in [3.8, 4) is 0 Å². The van der Waals surface area contributed by atoms with Gasteiger partial charge in [-0.05, 0) is 17.2 Å². The van der Waals surface area contributed by atoms with E-state index in [9.17, 15) is 9.59 Å². The summed E-state index contributed by atoms with van der Waals surface area (Å²) >= 11 is 0. The summed E-state index contributed by atoms with van der Waals surface area (Å²) in [6, 6.07) is 18.7. The minimum Gasteiger partial charge on any atom is -0.339 e. The number of rotatable bonds is 3. The molecule has 4 nitrogen and oxygen atoms in total. The molecule has 23 heavy (non-hydrogen) atoms. The van der Waals surface area contributed by atoms with E-state index in [1.54, 1.807) is 13.1 Å². The highest BCUT2D eigenvalue weighted by Gasteiger charge is 2.34. The Bertz CT molecular complexity index is 738. The summed E-state index contributed by atoms with van der Waals surface area (Å²) in [6.07, 6.45) is 2.22. The van der Waals surface area contributed by atoms with Gasteiger partial charge in [-0.25, -0.2) is 0 Å². The van der Waals surface area contributed by atoms with Gasteiger partial charge in [0.25, 0.3) is 5.91 Å². The quantitative estimate of drug-likeness (QED) is 0.884. The molecule has 1 aliphatic heterocycles. The first-order valence-electron chi connectivity index (χ1n) is 7.54. The second kappa shape index (κ2) is 6.48. The van der Waals surface area contributed by atoms with Gasteiger partial charge in [-0.2, -0.15) is 0 Å². The number of nitrogens with zero attached hydrogens (tertiary/aromatic N) is 1. The molecule has 0 saturated carbocycles. The summed E-state index contributed by atoms with van der Waals surface area (Å²) in [5.41, 5.74) is 2.28. The van der Waals surface area contributed by atoms with E-state index in [1.807, 2.05) is 60.7 Å². The Hall–Kier alpha value is -2.88. The average Bonchev–Trinajstić information content (AvgIpc) is 2.58. The minimum absolute atomic E-state index is 0.101. The molecular formula is C19H18N2O2. The number of nitrogens with one attached hydrogen (secondary N) is 1. The number of carbonyl (C=O) groups is 2. The van der Waals surface area contributed by atoms with Gasteiger partial charge in [0.05, 0.1) is 0 Å². The Balaban J connectivity index is 1.81. The summed E-state index contributed by atoms with van der Waals surface area (Å²) in [6.45, 7) is 0. The SMILES string of the molecule is CN1C(=O)[C@H](Cc2ccccc2)NC(=O)/C1=C\c1ccccc1. The van der Waals surface area contributed by atoms with Gasteiger partial charge >= 0.3 is 0 Å². The van der Waals surface area contributed by atoms with Crippen molar-refractivity contribution in [3.05, 3.63) is 77.5 Å². The van der Waals surface area contributed by atoms with Crippen molar-refractivity contribution in [1.82, 2.24) is 10.2 Å². The van der Waals surface area contributed by atoms with Crippen LogP contribution in [0.1, 0.15) is 11.1 Å². The number of piperazine rings is 1. The van der Waals surface area contributed by atoms with Gasteiger partial charge in [-0.1, -0.05) is 60.7 Å². The fourth-order valence-electron chi connectivity index (χ4n) is 2.66. The lowest BCUT2D eigenvalue weighted by atomic mass is 10.0. The predicted octanol–water partition coefficient (Wildman–Crippen LogP) is 2.23. The van der Waals surface area contributed by atoms with Crippen LogP contribution >= 0.6 is 0 Å². The van der Waals surface area contributed by atoms with Crippen LogP contribution in [0, 0.1) is 0 Å². The molecule has 0 bridgehead atoms. The monoisotopic (exact) mass is 306 g/mol. The molecule has 1 heterocycles. The third-order valence-corrected chi connectivity index (χ3v) is 3.91. The van der Waals surface area contributed by atoms with Crippen molar-refractivity contribution in [1.29, 1.82) is 0 Å². The number of benzene rings is 2. The van der Waals surface area contributed by atoms with Crippen LogP contribution in [0.15, 0.2) is 66.4 Å². The molecule has 1 saturated heterocycles. The van der Waals surface area contributed by atoms with Gasteiger partial charge in [0.15, 0.2) is 0 Å². The van der Waals surface area contributed by atoms with Crippen molar-refractivity contribution in [2.24, 2.45) is 0 Å². The number of carbonyl (C=O) groups excluding carboxylic acids is 2. The van der Waals surface area contributed by atoms with E-state index in [0.717, 1.165) is 11.1 Å². The second-order valence-electron chi connectivity index (χ2n) is 5.55. The van der Waals surface area contributed by atoms with E-state index in [4.69, 9.17) is 0 Å². The molecule has 0 radical (unpaired) electrons. The maximum Gasteiger partial charge on any atom is 0.268 e. The third-order valence-electron chi connectivity index (χ3n) is 3.91. The number of hydrogen-bond acceptors (Lipinski definition) is 2. The number of hydrogen-bond donors (Lipinski definition) is 1. The highest BCUT2D eigenvalue weighted by atomic mass is 16.2. The van der Waals surface area contributed by atoms with Crippen LogP contribution < -0.4 is 5.32 Å². The van der Waals surface area contributed by atoms with Crippen molar-refractivity contribution < 1.29 is 9.59 Å². The molecule has 4 heteroatoms. The minimum atomic E-state index is -0.525. The molecule has 116 valence electrons. The lowest BCUT2D eigenvalue weighted by molar-refractivity contribution is -0.138. The van der Waals surface area contributed by atoms with Crippen LogP contribution in [0.3, 0.4) is 0 Å². The summed E-state index contributed by atoms with van der Waals surface area (Å²) in [5.74, 6) is -0.326. The predicted molar refractivity (Wildman–Crippen MR) is 89.3 cm³/mol. The standard InChI is InChI=1S/C19H18N2O2/c1-21-17(13-15-10-6-3-7-11-15)18(22)20-16(19(21)23)12-14-8-4-2-5-9-14/h2-11,13,16H,12H2,1H3,(H,20,22)/b17-13+/t16-/m0/s1. The highest BCUT2D eigenvalue weighted by molar-refractivity contribution is 6.07. The van der Waals surface area contributed by atoms with E-state index in [0.29, 0.717) is 12.1 Å². The fraction of sp³-hybridized carbons (Fsp3) is 0.158. The Morgan fingerprint density at radius 1 is 1.00 bits per heavy atom. The fourth-order valence-corrected chi connectivity index (χ4v) is 2.66. The normalized spacial score (nSPS) is 19.8. The smallest absolute Gasteiger partial charge is 0.268 e. The van der Waals surface area contributed by atoms with Crippen LogP contribution in [0.4, 0.5) is 0 Å². The Labute approximate surface area is 135 Å². The van der Waals surface area contributed by atoms with Gasteiger partial charge in [-0.3, -0.25) is 9.59 Å². The topological polar surface area (TPSA) is 49.4 Å². The van der Waals surface area contributed by atoms with Crippen LogP contribution in [-0.4, -0.2) is 29.8 Å². The summed E-state index contributed by atoms with van der Waals surface area (Å²) in [5, 5.41) is 2.82. The molecule has 0 unspecified atom stereocenters. The first-order valence-corrected chi connectivity index (χ1v) is 7.54. The summed E-state index contributed by atoms with van der Waals surface area (Å²) in [4.78, 5) is 26.4. The van der Waals surface area contributed by atoms with Crippen molar-refractivity contribution >= 4 is 17.9 Å². The lowest BCUT2D eigenvalue weighted by Crippen LogP contribution is -2.56. The van der Waals surface area contributed by atoms with Crippen LogP contribution in [0.25, 0.3) is 6.08 Å². The van der Waals surface area contributed by atoms with Crippen LogP contribution in [0.5, 0.6) is 0 Å². The first kappa shape index (κ1) is 15.0. The Morgan fingerprint density at radius 2 is 1.61 bits per heavy atom. The molecule has 1 N–H and O–H groups in total. The van der Waals surface area contributed by atoms with Gasteiger partial charge in [-0.15, -0.1) is 0 Å². The Kier molecular flexibility index (Phi) is 4.24. The van der Waals surface area contributed by atoms with E-state index < -0.39 is 6.04 Å². The van der Waals surface area contributed by atoms with Crippen molar-refractivity contribution in [2.75, 3.05) is 7.05 Å². The molecule has 1 fully saturated rings. The zero-order valence-corrected chi connectivity index (χ0v) is 12.9. The number of amides is 2. The van der Waals surface area contributed by atoms with E-state index in [-0.39, 0.29) is 11.8 Å². The maximum atomic E-state index is 12.5. The molecule has 2 amide bonds. The van der Waals surface area contributed by atoms with Gasteiger partial charge in [0, 0.05) is 13.5 Å². The van der Waals surface area contributed by atoms with Gasteiger partial charge in [0.1, 0.15) is 11.7 Å². The van der Waals surface area contributed by atoms with Crippen molar-refractivity contribution in [2.45, 2.75) is 12.5 Å². The number of likely N-dealkylation sites (N-methyl/N-ethyl adjacent to an activating group) is 1. The Morgan fingerprint density at radius 3 is 2.26 bits per heavy atom. The first-order chi connectivity index (χ1) is 11.1. The van der Waals surface area contributed by atoms with Gasteiger partial charge in [0.2, 0.25) is 5.91 Å². The lowest BCUT2D eigenvalue weighted by Gasteiger charge is -2.32. The third kappa shape index (κ3) is 3.31. The summed E-state index contributed by atoms with van der Waals surface area (Å²) in [7, 11) is 1.65. The second-order valence-corrected chi connectivity index (χ2v) is 5.55. The molecule has 2 aromatic rings. The van der Waals surface area contributed by atoms with Crippen LogP contribution in [-0.2, 0) is 16.0 Å². The van der Waals surface area contributed by atoms with Gasteiger partial charge < -0.3 is 10.2 Å². The average molecular weight is 306 g/mol. The van der Waals surface area contributed by atoms with E-state index in [2.05, 4.69) is 5.32 Å². The molecule has 1 atom stereocenters. The molecule has 2 aromatic carbocycles. The molecule has 0 aromatic heterocycles. The maximum absolute atomic E-state index is 12.5. The molecule has 0 spiro atoms. The summed E-state index contributed by atoms with van der Waals surface area (Å²) < 4.78 is 0.